The van der Waals surface area contributed by atoms with Gasteiger partial charge in [-0.05, 0) is 54.7 Å². The Balaban J connectivity index is 2.42. The molecule has 0 N–H and O–H groups in total. The van der Waals surface area contributed by atoms with Crippen LogP contribution in [0, 0.1) is 0 Å². The number of carbonyl (C=O) groups is 2. The summed E-state index contributed by atoms with van der Waals surface area (Å²) >= 11 is 0. The number of rotatable bonds is 3. The van der Waals surface area contributed by atoms with Crippen molar-refractivity contribution in [2.45, 2.75) is 26.2 Å². The quantitative estimate of drug-likeness (QED) is 0.736. The van der Waals surface area contributed by atoms with Crippen molar-refractivity contribution in [1.29, 1.82) is 0 Å². The van der Waals surface area contributed by atoms with E-state index in [0.717, 1.165) is 33.4 Å². The van der Waals surface area contributed by atoms with Gasteiger partial charge in [0.15, 0.2) is 0 Å². The molecule has 0 fully saturated rings. The molecular formula is C24H24O4. The van der Waals surface area contributed by atoms with Crippen molar-refractivity contribution in [2.24, 2.45) is 0 Å². The summed E-state index contributed by atoms with van der Waals surface area (Å²) in [6, 6.07) is 9.33. The molecule has 4 nitrogen and oxygen atoms in total. The standard InChI is InChI=1S/C24H24O4/c1-15-11-16(2)19-13-24(23(26)28-5,18-9-7-6-8-10-18)14-20(22(25)27-4)21(19)17(3)12-15/h6-14H,1-5H3. The normalized spacial score (nSPS) is 21.5. The van der Waals surface area contributed by atoms with E-state index < -0.39 is 17.4 Å². The van der Waals surface area contributed by atoms with Gasteiger partial charge < -0.3 is 9.47 Å². The van der Waals surface area contributed by atoms with Gasteiger partial charge in [0.25, 0.3) is 0 Å². The Labute approximate surface area is 165 Å². The fourth-order valence-electron chi connectivity index (χ4n) is 3.95. The fraction of sp³-hybridized carbons (Fsp3) is 0.250. The van der Waals surface area contributed by atoms with Gasteiger partial charge >= 0.3 is 11.9 Å². The molecule has 2 aliphatic rings. The first kappa shape index (κ1) is 19.6. The van der Waals surface area contributed by atoms with Gasteiger partial charge in [0, 0.05) is 0 Å². The van der Waals surface area contributed by atoms with E-state index in [2.05, 4.69) is 6.08 Å². The van der Waals surface area contributed by atoms with E-state index in [1.54, 1.807) is 6.08 Å². The van der Waals surface area contributed by atoms with Crippen LogP contribution in [0.5, 0.6) is 0 Å². The van der Waals surface area contributed by atoms with E-state index in [4.69, 9.17) is 9.47 Å². The second-order valence-corrected chi connectivity index (χ2v) is 7.11. The Morgan fingerprint density at radius 3 is 2.18 bits per heavy atom. The number of carbonyl (C=O) groups excluding carboxylic acids is 2. The topological polar surface area (TPSA) is 52.6 Å². The Bertz CT molecular complexity index is 987. The van der Waals surface area contributed by atoms with Crippen LogP contribution in [-0.2, 0) is 24.5 Å². The number of hydrogen-bond acceptors (Lipinski definition) is 4. The summed E-state index contributed by atoms with van der Waals surface area (Å²) in [7, 11) is 2.70. The minimum atomic E-state index is -1.22. The smallest absolute Gasteiger partial charge is 0.338 e. The van der Waals surface area contributed by atoms with E-state index in [0.29, 0.717) is 5.57 Å². The minimum absolute atomic E-state index is 0.366. The van der Waals surface area contributed by atoms with Crippen molar-refractivity contribution in [1.82, 2.24) is 0 Å². The van der Waals surface area contributed by atoms with Crippen LogP contribution < -0.4 is 0 Å². The van der Waals surface area contributed by atoms with Crippen molar-refractivity contribution in [3.05, 3.63) is 93.6 Å². The lowest BCUT2D eigenvalue weighted by Gasteiger charge is -2.33. The maximum atomic E-state index is 13.0. The number of fused-ring (bicyclic) bond motifs is 1. The second-order valence-electron chi connectivity index (χ2n) is 7.11. The highest BCUT2D eigenvalue weighted by Gasteiger charge is 2.43. The van der Waals surface area contributed by atoms with Gasteiger partial charge in [-0.15, -0.1) is 0 Å². The van der Waals surface area contributed by atoms with Crippen LogP contribution >= 0.6 is 0 Å². The zero-order chi connectivity index (χ0) is 20.5. The molecule has 4 heteroatoms. The van der Waals surface area contributed by atoms with E-state index in [1.165, 1.54) is 14.2 Å². The maximum Gasteiger partial charge on any atom is 0.338 e. The van der Waals surface area contributed by atoms with Crippen molar-refractivity contribution in [3.63, 3.8) is 0 Å². The maximum absolute atomic E-state index is 13.0. The van der Waals surface area contributed by atoms with E-state index in [9.17, 15) is 9.59 Å². The molecule has 2 aliphatic carbocycles. The number of hydrogen-bond donors (Lipinski definition) is 0. The number of methoxy groups -OCH3 is 2. The molecule has 1 atom stereocenters. The van der Waals surface area contributed by atoms with Crippen LogP contribution in [0.2, 0.25) is 0 Å². The predicted molar refractivity (Wildman–Crippen MR) is 109 cm³/mol. The van der Waals surface area contributed by atoms with Crippen LogP contribution in [-0.4, -0.2) is 26.2 Å². The van der Waals surface area contributed by atoms with E-state index in [1.807, 2.05) is 63.3 Å². The number of ether oxygens (including phenoxy) is 2. The third-order valence-electron chi connectivity index (χ3n) is 5.17. The zero-order valence-electron chi connectivity index (χ0n) is 16.8. The Morgan fingerprint density at radius 1 is 0.893 bits per heavy atom. The van der Waals surface area contributed by atoms with Crippen molar-refractivity contribution in [3.8, 4) is 0 Å². The lowest BCUT2D eigenvalue weighted by atomic mass is 9.70. The average Bonchev–Trinajstić information content (AvgIpc) is 2.81. The average molecular weight is 376 g/mol. The summed E-state index contributed by atoms with van der Waals surface area (Å²) < 4.78 is 10.2. The van der Waals surface area contributed by atoms with Gasteiger partial charge in [0.2, 0.25) is 0 Å². The molecule has 0 saturated carbocycles. The van der Waals surface area contributed by atoms with Gasteiger partial charge in [0.05, 0.1) is 19.8 Å². The highest BCUT2D eigenvalue weighted by atomic mass is 16.5. The molecule has 1 unspecified atom stereocenters. The number of allylic oxidation sites excluding steroid dienone is 6. The SMILES string of the molecule is COC(=O)C1=CC(C(=O)OC)(c2ccccc2)C=C2C(C)=CC(C)=CC(C)=C12. The first-order valence-corrected chi connectivity index (χ1v) is 9.10. The molecule has 1 aromatic rings. The first-order chi connectivity index (χ1) is 13.3. The molecule has 144 valence electrons. The van der Waals surface area contributed by atoms with Crippen LogP contribution in [0.1, 0.15) is 26.3 Å². The largest absolute Gasteiger partial charge is 0.468 e. The first-order valence-electron chi connectivity index (χ1n) is 9.10. The molecule has 0 aromatic heterocycles. The Morgan fingerprint density at radius 2 is 1.57 bits per heavy atom. The van der Waals surface area contributed by atoms with E-state index >= 15 is 0 Å². The summed E-state index contributed by atoms with van der Waals surface area (Å²) in [6.45, 7) is 5.95. The summed E-state index contributed by atoms with van der Waals surface area (Å²) in [5.41, 5.74) is 4.49. The third kappa shape index (κ3) is 3.15. The van der Waals surface area contributed by atoms with Crippen molar-refractivity contribution >= 4 is 11.9 Å². The number of esters is 2. The van der Waals surface area contributed by atoms with Gasteiger partial charge in [-0.2, -0.15) is 0 Å². The molecule has 0 radical (unpaired) electrons. The highest BCUT2D eigenvalue weighted by Crippen LogP contribution is 2.44. The molecular weight excluding hydrogens is 352 g/mol. The molecule has 0 saturated heterocycles. The Kier molecular flexibility index (Phi) is 5.23. The van der Waals surface area contributed by atoms with Crippen LogP contribution in [0.25, 0.3) is 0 Å². The number of benzene rings is 1. The summed E-state index contributed by atoms with van der Waals surface area (Å²) in [4.78, 5) is 25.8. The molecule has 1 aromatic carbocycles. The van der Waals surface area contributed by atoms with Crippen molar-refractivity contribution < 1.29 is 19.1 Å². The van der Waals surface area contributed by atoms with Gasteiger partial charge in [-0.3, -0.25) is 4.79 Å². The molecule has 3 rings (SSSR count). The van der Waals surface area contributed by atoms with Crippen LogP contribution in [0.15, 0.2) is 88.1 Å². The second kappa shape index (κ2) is 7.47. The lowest BCUT2D eigenvalue weighted by molar-refractivity contribution is -0.144. The fourth-order valence-corrected chi connectivity index (χ4v) is 3.95. The molecule has 0 heterocycles. The zero-order valence-corrected chi connectivity index (χ0v) is 16.8. The molecule has 0 bridgehead atoms. The van der Waals surface area contributed by atoms with Crippen LogP contribution in [0.3, 0.4) is 0 Å². The summed E-state index contributed by atoms with van der Waals surface area (Å²) in [5.74, 6) is -0.934. The van der Waals surface area contributed by atoms with E-state index in [-0.39, 0.29) is 0 Å². The molecule has 0 aliphatic heterocycles. The minimum Gasteiger partial charge on any atom is -0.468 e. The third-order valence-corrected chi connectivity index (χ3v) is 5.17. The predicted octanol–water partition coefficient (Wildman–Crippen LogP) is 4.36. The van der Waals surface area contributed by atoms with Gasteiger partial charge in [0.1, 0.15) is 5.41 Å². The van der Waals surface area contributed by atoms with Gasteiger partial charge in [-0.1, -0.05) is 54.1 Å². The van der Waals surface area contributed by atoms with Crippen molar-refractivity contribution in [2.75, 3.05) is 14.2 Å². The van der Waals surface area contributed by atoms with Gasteiger partial charge in [-0.25, -0.2) is 4.79 Å². The summed E-state index contributed by atoms with van der Waals surface area (Å²) in [5, 5.41) is 0. The Hall–Kier alpha value is -3.14. The lowest BCUT2D eigenvalue weighted by Crippen LogP contribution is -2.37. The van der Waals surface area contributed by atoms with Crippen LogP contribution in [0.4, 0.5) is 0 Å². The molecule has 0 spiro atoms. The highest BCUT2D eigenvalue weighted by molar-refractivity contribution is 6.01. The molecule has 0 amide bonds. The summed E-state index contributed by atoms with van der Waals surface area (Å²) in [6.07, 6.45) is 7.65. The molecule has 28 heavy (non-hydrogen) atoms. The monoisotopic (exact) mass is 376 g/mol.